The number of aromatic nitrogens is 2. The molecule has 4 rings (SSSR count). The van der Waals surface area contributed by atoms with Gasteiger partial charge in [0.15, 0.2) is 5.78 Å². The van der Waals surface area contributed by atoms with Gasteiger partial charge in [0.1, 0.15) is 0 Å². The molecular formula is C22H25N3O. The number of rotatable bonds is 1. The summed E-state index contributed by atoms with van der Waals surface area (Å²) in [5, 5.41) is 4.87. The quantitative estimate of drug-likeness (QED) is 0.709. The van der Waals surface area contributed by atoms with Gasteiger partial charge in [-0.2, -0.15) is 5.10 Å². The number of carbonyl (C=O) groups excluding carboxylic acids is 1. The molecule has 0 saturated carbocycles. The molecule has 4 nitrogen and oxygen atoms in total. The Kier molecular flexibility index (Phi) is 4.36. The van der Waals surface area contributed by atoms with E-state index in [0.717, 1.165) is 29.8 Å². The molecule has 0 N–H and O–H groups in total. The zero-order valence-electron chi connectivity index (χ0n) is 14.8. The van der Waals surface area contributed by atoms with Crippen molar-refractivity contribution in [2.45, 2.75) is 39.5 Å². The second-order valence-electron chi connectivity index (χ2n) is 7.39. The Balaban J connectivity index is 0.00000196. The van der Waals surface area contributed by atoms with E-state index in [2.05, 4.69) is 23.9 Å². The van der Waals surface area contributed by atoms with Gasteiger partial charge in [-0.15, -0.1) is 0 Å². The summed E-state index contributed by atoms with van der Waals surface area (Å²) in [6.45, 7) is 11.5. The van der Waals surface area contributed by atoms with Crippen molar-refractivity contribution in [3.05, 3.63) is 64.8 Å². The first-order valence-corrected chi connectivity index (χ1v) is 8.73. The fraction of sp³-hybridized carbons (Fsp3) is 0.409. The van der Waals surface area contributed by atoms with E-state index in [1.54, 1.807) is 0 Å². The van der Waals surface area contributed by atoms with Crippen LogP contribution in [-0.2, 0) is 23.7 Å². The molecule has 0 radical (unpaired) electrons. The smallest absolute Gasteiger partial charge is 0.226 e. The van der Waals surface area contributed by atoms with Crippen molar-refractivity contribution in [3.63, 3.8) is 0 Å². The van der Waals surface area contributed by atoms with Gasteiger partial charge in [0.2, 0.25) is 5.70 Å². The van der Waals surface area contributed by atoms with Gasteiger partial charge in [0.25, 0.3) is 0 Å². The highest BCUT2D eigenvalue weighted by atomic mass is 16.1. The fourth-order valence-electron chi connectivity index (χ4n) is 4.77. The van der Waals surface area contributed by atoms with Crippen LogP contribution in [-0.4, -0.2) is 15.6 Å². The summed E-state index contributed by atoms with van der Waals surface area (Å²) in [7, 11) is 1.98. The zero-order valence-corrected chi connectivity index (χ0v) is 14.8. The summed E-state index contributed by atoms with van der Waals surface area (Å²) >= 11 is 0. The summed E-state index contributed by atoms with van der Waals surface area (Å²) in [6.07, 6.45) is 3.75. The molecule has 2 aromatic rings. The first kappa shape index (κ1) is 18.1. The van der Waals surface area contributed by atoms with Crippen molar-refractivity contribution in [2.75, 3.05) is 0 Å². The molecule has 0 amide bonds. The van der Waals surface area contributed by atoms with Crippen LogP contribution in [0.4, 0.5) is 0 Å². The van der Waals surface area contributed by atoms with Crippen molar-refractivity contribution in [2.24, 2.45) is 18.9 Å². The summed E-state index contributed by atoms with van der Waals surface area (Å²) in [4.78, 5) is 16.0. The van der Waals surface area contributed by atoms with Crippen LogP contribution in [0.1, 0.15) is 39.0 Å². The van der Waals surface area contributed by atoms with Crippen molar-refractivity contribution in [1.29, 1.82) is 0 Å². The first-order valence-electron chi connectivity index (χ1n) is 8.73. The van der Waals surface area contributed by atoms with Crippen LogP contribution >= 0.6 is 0 Å². The lowest BCUT2D eigenvalue weighted by molar-refractivity contribution is -0.121. The largest absolute Gasteiger partial charge is 0.308 e. The van der Waals surface area contributed by atoms with Crippen LogP contribution in [0.5, 0.6) is 0 Å². The number of hydrogen-bond acceptors (Lipinski definition) is 2. The Hall–Kier alpha value is -2.67. The SMILES string of the molecule is C.[C-]#[N+]C1=C[C@@]2(C)c3nn(C)c(-c4ccccc4)c3CC[C@@H]2[C@@H](C)C1=O. The van der Waals surface area contributed by atoms with Crippen LogP contribution in [0.2, 0.25) is 0 Å². The normalized spacial score (nSPS) is 26.8. The van der Waals surface area contributed by atoms with Crippen LogP contribution in [0, 0.1) is 18.4 Å². The first-order chi connectivity index (χ1) is 12.0. The minimum absolute atomic E-state index is 0. The summed E-state index contributed by atoms with van der Waals surface area (Å²) in [6, 6.07) is 10.3. The Labute approximate surface area is 155 Å². The van der Waals surface area contributed by atoms with E-state index in [4.69, 9.17) is 11.7 Å². The number of aryl methyl sites for hydroxylation is 1. The van der Waals surface area contributed by atoms with Crippen LogP contribution in [0.15, 0.2) is 42.1 Å². The number of ketones is 1. The van der Waals surface area contributed by atoms with Crippen LogP contribution in [0.25, 0.3) is 16.1 Å². The van der Waals surface area contributed by atoms with Crippen LogP contribution in [0.3, 0.4) is 0 Å². The lowest BCUT2D eigenvalue weighted by atomic mass is 9.58. The molecule has 0 unspecified atom stereocenters. The van der Waals surface area contributed by atoms with E-state index in [1.165, 1.54) is 5.56 Å². The van der Waals surface area contributed by atoms with Gasteiger partial charge >= 0.3 is 0 Å². The zero-order chi connectivity index (χ0) is 17.8. The van der Waals surface area contributed by atoms with Gasteiger partial charge in [0.05, 0.1) is 18.0 Å². The molecule has 2 aliphatic carbocycles. The molecule has 1 heterocycles. The van der Waals surface area contributed by atoms with Gasteiger partial charge in [0, 0.05) is 29.5 Å². The number of hydrogen-bond donors (Lipinski definition) is 0. The van der Waals surface area contributed by atoms with E-state index in [0.29, 0.717) is 0 Å². The molecule has 0 bridgehead atoms. The number of Topliss-reactive ketones (excluding diaryl/α,β-unsaturated/α-hetero) is 1. The second-order valence-corrected chi connectivity index (χ2v) is 7.39. The number of carbonyl (C=O) groups is 1. The highest BCUT2D eigenvalue weighted by Gasteiger charge is 2.50. The maximum absolute atomic E-state index is 12.5. The molecule has 0 saturated heterocycles. The van der Waals surface area contributed by atoms with Crippen molar-refractivity contribution in [1.82, 2.24) is 9.78 Å². The molecule has 0 fully saturated rings. The summed E-state index contributed by atoms with van der Waals surface area (Å²) in [5.41, 5.74) is 4.52. The molecule has 1 aromatic carbocycles. The van der Waals surface area contributed by atoms with Crippen molar-refractivity contribution in [3.8, 4) is 11.3 Å². The minimum atomic E-state index is -0.356. The highest BCUT2D eigenvalue weighted by molar-refractivity contribution is 6.00. The lowest BCUT2D eigenvalue weighted by Gasteiger charge is -2.44. The predicted octanol–water partition coefficient (Wildman–Crippen LogP) is 4.57. The molecule has 2 aliphatic rings. The molecule has 0 spiro atoms. The predicted molar refractivity (Wildman–Crippen MR) is 103 cm³/mol. The van der Waals surface area contributed by atoms with E-state index in [-0.39, 0.29) is 36.2 Å². The average molecular weight is 347 g/mol. The highest BCUT2D eigenvalue weighted by Crippen LogP contribution is 2.51. The Morgan fingerprint density at radius 2 is 2.00 bits per heavy atom. The lowest BCUT2D eigenvalue weighted by Crippen LogP contribution is -2.45. The number of nitrogens with zero attached hydrogens (tertiary/aromatic N) is 3. The molecule has 134 valence electrons. The van der Waals surface area contributed by atoms with E-state index in [9.17, 15) is 4.79 Å². The number of allylic oxidation sites excluding steroid dienone is 2. The van der Waals surface area contributed by atoms with Gasteiger partial charge in [-0.05, 0) is 18.8 Å². The molecular weight excluding hydrogens is 322 g/mol. The number of benzene rings is 1. The Morgan fingerprint density at radius 3 is 2.65 bits per heavy atom. The van der Waals surface area contributed by atoms with Gasteiger partial charge in [-0.25, -0.2) is 4.85 Å². The van der Waals surface area contributed by atoms with E-state index in [1.807, 2.05) is 42.9 Å². The average Bonchev–Trinajstić information content (AvgIpc) is 2.96. The molecule has 26 heavy (non-hydrogen) atoms. The summed E-state index contributed by atoms with van der Waals surface area (Å²) in [5.74, 6) is 0.0612. The van der Waals surface area contributed by atoms with Crippen LogP contribution < -0.4 is 0 Å². The summed E-state index contributed by atoms with van der Waals surface area (Å²) < 4.78 is 1.96. The maximum Gasteiger partial charge on any atom is 0.226 e. The monoisotopic (exact) mass is 347 g/mol. The Morgan fingerprint density at radius 1 is 1.31 bits per heavy atom. The second kappa shape index (κ2) is 6.25. The van der Waals surface area contributed by atoms with Crippen molar-refractivity contribution < 1.29 is 4.79 Å². The minimum Gasteiger partial charge on any atom is -0.308 e. The maximum atomic E-state index is 12.5. The van der Waals surface area contributed by atoms with Gasteiger partial charge in [-0.3, -0.25) is 4.68 Å². The molecule has 1 aromatic heterocycles. The van der Waals surface area contributed by atoms with Gasteiger partial charge in [-0.1, -0.05) is 57.7 Å². The third-order valence-corrected chi connectivity index (χ3v) is 6.00. The van der Waals surface area contributed by atoms with Crippen molar-refractivity contribution >= 4 is 5.78 Å². The topological polar surface area (TPSA) is 39.2 Å². The third-order valence-electron chi connectivity index (χ3n) is 6.00. The van der Waals surface area contributed by atoms with E-state index >= 15 is 0 Å². The fourth-order valence-corrected chi connectivity index (χ4v) is 4.77. The molecule has 3 atom stereocenters. The van der Waals surface area contributed by atoms with E-state index < -0.39 is 0 Å². The Bertz CT molecular complexity index is 932. The standard InChI is InChI=1S/C21H21N3O.CH4/c1-13-16-11-10-15-18(14-8-6-5-7-9-14)24(4)23-20(15)21(16,2)12-17(22-3)19(13)25;/h5-9,12-13,16H,10-11H2,1-2,4H3;1H4/t13-,16-,21-;/m1./s1. The van der Waals surface area contributed by atoms with Gasteiger partial charge < -0.3 is 4.79 Å². The molecule has 4 heteroatoms. The third kappa shape index (κ3) is 2.34. The molecule has 0 aliphatic heterocycles. The number of fused-ring (bicyclic) bond motifs is 3.